The molecule has 5 rings (SSSR count). The van der Waals surface area contributed by atoms with Crippen molar-refractivity contribution in [2.75, 3.05) is 33.1 Å². The number of ether oxygens (including phenoxy) is 2. The second kappa shape index (κ2) is 8.43. The van der Waals surface area contributed by atoms with Crippen LogP contribution in [0.5, 0.6) is 11.6 Å². The van der Waals surface area contributed by atoms with Crippen molar-refractivity contribution < 1.29 is 9.47 Å². The zero-order valence-corrected chi connectivity index (χ0v) is 18.4. The molecule has 1 N–H and O–H groups in total. The minimum absolute atomic E-state index is 0.497. The maximum absolute atomic E-state index is 5.56. The molecule has 1 aliphatic rings. The molecular formula is C25H25N5O2. The molecule has 4 aromatic rings. The lowest BCUT2D eigenvalue weighted by atomic mass is 10.0. The quantitative estimate of drug-likeness (QED) is 0.505. The minimum Gasteiger partial charge on any atom is -0.497 e. The number of nitrogens with zero attached hydrogens (tertiary/aromatic N) is 4. The van der Waals surface area contributed by atoms with Gasteiger partial charge in [-0.05, 0) is 36.4 Å². The molecule has 2 aromatic carbocycles. The largest absolute Gasteiger partial charge is 0.497 e. The van der Waals surface area contributed by atoms with E-state index >= 15 is 0 Å². The van der Waals surface area contributed by atoms with Crippen molar-refractivity contribution >= 4 is 22.5 Å². The molecule has 7 heteroatoms. The predicted molar refractivity (Wildman–Crippen MR) is 126 cm³/mol. The van der Waals surface area contributed by atoms with E-state index in [9.17, 15) is 0 Å². The van der Waals surface area contributed by atoms with Gasteiger partial charge in [0, 0.05) is 36.7 Å². The van der Waals surface area contributed by atoms with E-state index in [1.165, 1.54) is 5.56 Å². The smallest absolute Gasteiger partial charge is 0.237 e. The molecule has 0 spiro atoms. The van der Waals surface area contributed by atoms with Crippen LogP contribution >= 0.6 is 0 Å². The number of hydrogen-bond acceptors (Lipinski definition) is 7. The summed E-state index contributed by atoms with van der Waals surface area (Å²) in [5, 5.41) is 4.29. The molecule has 0 radical (unpaired) electrons. The molecule has 0 aliphatic carbocycles. The Hall–Kier alpha value is -3.71. The molecule has 7 nitrogen and oxygen atoms in total. The minimum atomic E-state index is 0.497. The Balaban J connectivity index is 1.55. The summed E-state index contributed by atoms with van der Waals surface area (Å²) in [5.41, 5.74) is 5.97. The van der Waals surface area contributed by atoms with Crippen LogP contribution in [0.4, 0.5) is 11.6 Å². The van der Waals surface area contributed by atoms with E-state index < -0.39 is 0 Å². The number of methoxy groups -OCH3 is 2. The van der Waals surface area contributed by atoms with Gasteiger partial charge >= 0.3 is 0 Å². The number of aromatic nitrogens is 3. The van der Waals surface area contributed by atoms with Gasteiger partial charge in [0.05, 0.1) is 25.4 Å². The number of rotatable bonds is 5. The molecule has 1 aliphatic heterocycles. The Morgan fingerprint density at radius 2 is 1.88 bits per heavy atom. The molecule has 32 heavy (non-hydrogen) atoms. The van der Waals surface area contributed by atoms with Gasteiger partial charge in [0.1, 0.15) is 11.4 Å². The highest BCUT2D eigenvalue weighted by Gasteiger charge is 2.19. The van der Waals surface area contributed by atoms with Gasteiger partial charge in [-0.3, -0.25) is 0 Å². The number of para-hydroxylation sites is 1. The first-order chi connectivity index (χ1) is 15.6. The molecule has 162 valence electrons. The molecule has 0 fully saturated rings. The average Bonchev–Trinajstić information content (AvgIpc) is 2.83. The highest BCUT2D eigenvalue weighted by Crippen LogP contribution is 2.32. The lowest BCUT2D eigenvalue weighted by Crippen LogP contribution is -2.27. The number of hydrogen-bond donors (Lipinski definition) is 1. The van der Waals surface area contributed by atoms with Gasteiger partial charge in [0.15, 0.2) is 0 Å². The van der Waals surface area contributed by atoms with Gasteiger partial charge in [-0.1, -0.05) is 30.3 Å². The van der Waals surface area contributed by atoms with E-state index in [1.807, 2.05) is 36.5 Å². The fourth-order valence-electron chi connectivity index (χ4n) is 4.10. The predicted octanol–water partition coefficient (Wildman–Crippen LogP) is 4.44. The van der Waals surface area contributed by atoms with E-state index in [1.54, 1.807) is 14.2 Å². The third-order valence-corrected chi connectivity index (χ3v) is 5.76. The Morgan fingerprint density at radius 3 is 2.72 bits per heavy atom. The highest BCUT2D eigenvalue weighted by molar-refractivity contribution is 5.94. The van der Waals surface area contributed by atoms with E-state index in [2.05, 4.69) is 40.4 Å². The Kier molecular flexibility index (Phi) is 5.33. The van der Waals surface area contributed by atoms with Crippen molar-refractivity contribution in [1.82, 2.24) is 19.9 Å². The summed E-state index contributed by atoms with van der Waals surface area (Å²) in [6.07, 6.45) is 2.75. The van der Waals surface area contributed by atoms with Crippen molar-refractivity contribution in [3.05, 3.63) is 66.0 Å². The van der Waals surface area contributed by atoms with Crippen LogP contribution in [0.15, 0.2) is 54.7 Å². The summed E-state index contributed by atoms with van der Waals surface area (Å²) in [7, 11) is 5.42. The molecule has 0 atom stereocenters. The first kappa shape index (κ1) is 20.2. The molecule has 0 bridgehead atoms. The zero-order chi connectivity index (χ0) is 22.1. The molecule has 0 unspecified atom stereocenters. The van der Waals surface area contributed by atoms with E-state index in [4.69, 9.17) is 19.4 Å². The van der Waals surface area contributed by atoms with Gasteiger partial charge in [-0.2, -0.15) is 0 Å². The molecule has 2 aromatic heterocycles. The molecule has 0 saturated heterocycles. The van der Waals surface area contributed by atoms with Crippen molar-refractivity contribution in [2.24, 2.45) is 0 Å². The van der Waals surface area contributed by atoms with Crippen LogP contribution in [0.2, 0.25) is 0 Å². The third kappa shape index (κ3) is 3.83. The number of pyridine rings is 1. The summed E-state index contributed by atoms with van der Waals surface area (Å²) in [6, 6.07) is 16.2. The summed E-state index contributed by atoms with van der Waals surface area (Å²) in [6.45, 7) is 1.86. The first-order valence-electron chi connectivity index (χ1n) is 10.6. The maximum atomic E-state index is 5.56. The fraction of sp³-hybridized carbons (Fsp3) is 0.240. The number of anilines is 2. The standard InChI is InChI=1S/C25H25N5O2/c1-30-11-10-21-18(15-30)13-22(24(27-21)32-3)28-25-26-14-17-7-5-9-20(23(17)29-25)16-6-4-8-19(12-16)31-2/h4-9,12-14H,10-11,15H2,1-3H3,(H,26,28,29). The van der Waals surface area contributed by atoms with Crippen molar-refractivity contribution in [1.29, 1.82) is 0 Å². The lowest BCUT2D eigenvalue weighted by Gasteiger charge is -2.25. The molecule has 3 heterocycles. The van der Waals surface area contributed by atoms with Gasteiger partial charge < -0.3 is 19.7 Å². The molecule has 0 saturated carbocycles. The lowest BCUT2D eigenvalue weighted by molar-refractivity contribution is 0.307. The third-order valence-electron chi connectivity index (χ3n) is 5.76. The summed E-state index contributed by atoms with van der Waals surface area (Å²) in [5.74, 6) is 1.86. The van der Waals surface area contributed by atoms with Crippen LogP contribution in [-0.4, -0.2) is 47.7 Å². The Labute approximate surface area is 187 Å². The van der Waals surface area contributed by atoms with Crippen molar-refractivity contribution in [3.63, 3.8) is 0 Å². The average molecular weight is 428 g/mol. The molecule has 0 amide bonds. The highest BCUT2D eigenvalue weighted by atomic mass is 16.5. The van der Waals surface area contributed by atoms with Crippen LogP contribution in [0.3, 0.4) is 0 Å². The van der Waals surface area contributed by atoms with Gasteiger partial charge in [0.2, 0.25) is 11.8 Å². The Morgan fingerprint density at radius 1 is 1.00 bits per heavy atom. The van der Waals surface area contributed by atoms with Crippen LogP contribution in [0, 0.1) is 0 Å². The zero-order valence-electron chi connectivity index (χ0n) is 18.4. The second-order valence-electron chi connectivity index (χ2n) is 7.93. The van der Waals surface area contributed by atoms with E-state index in [0.29, 0.717) is 11.8 Å². The topological polar surface area (TPSA) is 72.4 Å². The maximum Gasteiger partial charge on any atom is 0.237 e. The first-order valence-corrected chi connectivity index (χ1v) is 10.6. The van der Waals surface area contributed by atoms with Gasteiger partial charge in [-0.15, -0.1) is 0 Å². The Bertz CT molecular complexity index is 1290. The number of benzene rings is 2. The number of fused-ring (bicyclic) bond motifs is 2. The van der Waals surface area contributed by atoms with Crippen molar-refractivity contribution in [2.45, 2.75) is 13.0 Å². The summed E-state index contributed by atoms with van der Waals surface area (Å²) < 4.78 is 11.0. The second-order valence-corrected chi connectivity index (χ2v) is 7.93. The van der Waals surface area contributed by atoms with Crippen molar-refractivity contribution in [3.8, 4) is 22.8 Å². The normalized spacial score (nSPS) is 13.6. The number of likely N-dealkylation sites (N-methyl/N-ethyl adjacent to an activating group) is 1. The van der Waals surface area contributed by atoms with Crippen LogP contribution < -0.4 is 14.8 Å². The molecular weight excluding hydrogens is 402 g/mol. The van der Waals surface area contributed by atoms with Crippen LogP contribution in [0.1, 0.15) is 11.3 Å². The summed E-state index contributed by atoms with van der Waals surface area (Å²) in [4.78, 5) is 16.4. The van der Waals surface area contributed by atoms with Gasteiger partial charge in [-0.25, -0.2) is 15.0 Å². The van der Waals surface area contributed by atoms with Crippen LogP contribution in [-0.2, 0) is 13.0 Å². The monoisotopic (exact) mass is 427 g/mol. The number of nitrogens with one attached hydrogen (secondary N) is 1. The summed E-state index contributed by atoms with van der Waals surface area (Å²) >= 11 is 0. The van der Waals surface area contributed by atoms with Gasteiger partial charge in [0.25, 0.3) is 0 Å². The SMILES string of the molecule is COc1cccc(-c2cccc3cnc(Nc4cc5c(nc4OC)CCN(C)C5)nc23)c1. The van der Waals surface area contributed by atoms with E-state index in [0.717, 1.165) is 58.7 Å². The van der Waals surface area contributed by atoms with Crippen LogP contribution in [0.25, 0.3) is 22.0 Å². The fourth-order valence-corrected chi connectivity index (χ4v) is 4.10. The van der Waals surface area contributed by atoms with E-state index in [-0.39, 0.29) is 0 Å².